The van der Waals surface area contributed by atoms with E-state index in [0.717, 1.165) is 5.56 Å². The molecule has 0 fully saturated rings. The number of hydrogen-bond donors (Lipinski definition) is 2. The predicted molar refractivity (Wildman–Crippen MR) is 96.2 cm³/mol. The van der Waals surface area contributed by atoms with Gasteiger partial charge in [-0.1, -0.05) is 67.1 Å². The molecule has 0 unspecified atom stereocenters. The van der Waals surface area contributed by atoms with Crippen LogP contribution in [0.2, 0.25) is 5.02 Å². The normalized spacial score (nSPS) is 11.9. The molecule has 0 saturated carbocycles. The van der Waals surface area contributed by atoms with Crippen LogP contribution in [0.5, 0.6) is 0 Å². The fourth-order valence-corrected chi connectivity index (χ4v) is 2.72. The van der Waals surface area contributed by atoms with Crippen LogP contribution in [0.3, 0.4) is 0 Å². The highest BCUT2D eigenvalue weighted by Crippen LogP contribution is 2.26. The van der Waals surface area contributed by atoms with Gasteiger partial charge >= 0.3 is 0 Å². The number of aromatic nitrogens is 2. The number of aromatic amines is 1. The first-order valence-electron chi connectivity index (χ1n) is 7.78. The zero-order chi connectivity index (χ0) is 16.9. The van der Waals surface area contributed by atoms with E-state index < -0.39 is 0 Å². The molecule has 3 rings (SSSR count). The van der Waals surface area contributed by atoms with Crippen molar-refractivity contribution in [3.63, 3.8) is 0 Å². The molecule has 122 valence electrons. The number of nitrogens with one attached hydrogen (secondary N) is 2. The first kappa shape index (κ1) is 16.3. The summed E-state index contributed by atoms with van der Waals surface area (Å²) in [7, 11) is 0. The lowest BCUT2D eigenvalue weighted by atomic mass is 10.0. The zero-order valence-electron chi connectivity index (χ0n) is 13.3. The van der Waals surface area contributed by atoms with Gasteiger partial charge in [-0.15, -0.1) is 0 Å². The van der Waals surface area contributed by atoms with Crippen LogP contribution in [-0.4, -0.2) is 22.6 Å². The van der Waals surface area contributed by atoms with Gasteiger partial charge in [-0.3, -0.25) is 9.89 Å². The van der Waals surface area contributed by atoms with E-state index in [9.17, 15) is 4.79 Å². The van der Waals surface area contributed by atoms with E-state index in [-0.39, 0.29) is 11.8 Å². The zero-order valence-corrected chi connectivity index (χ0v) is 14.0. The average Bonchev–Trinajstić information content (AvgIpc) is 3.10. The molecule has 2 N–H and O–H groups in total. The Morgan fingerprint density at radius 1 is 1.17 bits per heavy atom. The average molecular weight is 340 g/mol. The molecule has 0 aliphatic rings. The largest absolute Gasteiger partial charge is 0.350 e. The van der Waals surface area contributed by atoms with Gasteiger partial charge in [0.2, 0.25) is 0 Å². The molecule has 5 heteroatoms. The van der Waals surface area contributed by atoms with Gasteiger partial charge in [0, 0.05) is 12.1 Å². The molecule has 2 aromatic carbocycles. The molecule has 1 amide bonds. The number of benzene rings is 2. The first-order valence-corrected chi connectivity index (χ1v) is 8.16. The van der Waals surface area contributed by atoms with Crippen LogP contribution in [0.15, 0.2) is 60.7 Å². The van der Waals surface area contributed by atoms with Gasteiger partial charge < -0.3 is 5.32 Å². The van der Waals surface area contributed by atoms with Gasteiger partial charge in [-0.05, 0) is 23.6 Å². The van der Waals surface area contributed by atoms with Crippen LogP contribution in [-0.2, 0) is 0 Å². The summed E-state index contributed by atoms with van der Waals surface area (Å²) in [5.74, 6) is 0.0599. The molecule has 0 radical (unpaired) electrons. The van der Waals surface area contributed by atoms with Crippen LogP contribution in [0.4, 0.5) is 0 Å². The van der Waals surface area contributed by atoms with Gasteiger partial charge in [0.1, 0.15) is 5.69 Å². The number of halogens is 1. The molecule has 0 spiro atoms. The fraction of sp³-hybridized carbons (Fsp3) is 0.158. The number of H-pyrrole nitrogens is 1. The second-order valence-corrected chi connectivity index (χ2v) is 6.08. The molecule has 1 aromatic heterocycles. The SMILES string of the molecule is C[C@@H](CNC(=O)c1cc(-c2ccccc2Cl)n[nH]1)c1ccccc1. The highest BCUT2D eigenvalue weighted by atomic mass is 35.5. The number of rotatable bonds is 5. The molecule has 3 aromatic rings. The van der Waals surface area contributed by atoms with Crippen molar-refractivity contribution in [3.05, 3.63) is 76.9 Å². The Hall–Kier alpha value is -2.59. The smallest absolute Gasteiger partial charge is 0.269 e. The van der Waals surface area contributed by atoms with E-state index in [1.54, 1.807) is 12.1 Å². The van der Waals surface area contributed by atoms with E-state index in [1.165, 1.54) is 5.56 Å². The Kier molecular flexibility index (Phi) is 4.96. The standard InChI is InChI=1S/C19H18ClN3O/c1-13(14-7-3-2-4-8-14)12-21-19(24)18-11-17(22-23-18)15-9-5-6-10-16(15)20/h2-11,13H,12H2,1H3,(H,21,24)(H,22,23)/t13-/m0/s1. The summed E-state index contributed by atoms with van der Waals surface area (Å²) >= 11 is 6.16. The van der Waals surface area contributed by atoms with E-state index in [1.807, 2.05) is 36.4 Å². The lowest BCUT2D eigenvalue weighted by Crippen LogP contribution is -2.27. The number of nitrogens with zero attached hydrogens (tertiary/aromatic N) is 1. The summed E-state index contributed by atoms with van der Waals surface area (Å²) in [6, 6.07) is 19.2. The van der Waals surface area contributed by atoms with Gasteiger partial charge in [0.15, 0.2) is 0 Å². The molecule has 1 heterocycles. The van der Waals surface area contributed by atoms with Crippen molar-refractivity contribution in [3.8, 4) is 11.3 Å². The number of carbonyl (C=O) groups is 1. The lowest BCUT2D eigenvalue weighted by Gasteiger charge is -2.12. The fourth-order valence-electron chi connectivity index (χ4n) is 2.49. The molecule has 0 aliphatic heterocycles. The summed E-state index contributed by atoms with van der Waals surface area (Å²) in [6.07, 6.45) is 0. The highest BCUT2D eigenvalue weighted by Gasteiger charge is 2.14. The Morgan fingerprint density at radius 2 is 1.88 bits per heavy atom. The van der Waals surface area contributed by atoms with E-state index in [2.05, 4.69) is 34.6 Å². The van der Waals surface area contributed by atoms with Crippen molar-refractivity contribution >= 4 is 17.5 Å². The predicted octanol–water partition coefficient (Wildman–Crippen LogP) is 4.26. The molecule has 24 heavy (non-hydrogen) atoms. The molecule has 1 atom stereocenters. The van der Waals surface area contributed by atoms with Crippen molar-refractivity contribution in [1.29, 1.82) is 0 Å². The third-order valence-corrected chi connectivity index (χ3v) is 4.24. The third kappa shape index (κ3) is 3.66. The minimum absolute atomic E-state index is 0.177. The summed E-state index contributed by atoms with van der Waals surface area (Å²) in [5.41, 5.74) is 3.07. The van der Waals surface area contributed by atoms with Crippen molar-refractivity contribution in [2.24, 2.45) is 0 Å². The van der Waals surface area contributed by atoms with Gasteiger partial charge in [-0.2, -0.15) is 5.10 Å². The van der Waals surface area contributed by atoms with E-state index >= 15 is 0 Å². The lowest BCUT2D eigenvalue weighted by molar-refractivity contribution is 0.0946. The second-order valence-electron chi connectivity index (χ2n) is 5.67. The van der Waals surface area contributed by atoms with Crippen molar-refractivity contribution in [1.82, 2.24) is 15.5 Å². The van der Waals surface area contributed by atoms with E-state index in [0.29, 0.717) is 23.0 Å². The van der Waals surface area contributed by atoms with Gasteiger partial charge in [0.05, 0.1) is 10.7 Å². The topological polar surface area (TPSA) is 57.8 Å². The molecule has 0 aliphatic carbocycles. The van der Waals surface area contributed by atoms with E-state index in [4.69, 9.17) is 11.6 Å². The number of hydrogen-bond acceptors (Lipinski definition) is 2. The van der Waals surface area contributed by atoms with Crippen LogP contribution < -0.4 is 5.32 Å². The van der Waals surface area contributed by atoms with Gasteiger partial charge in [0.25, 0.3) is 5.91 Å². The van der Waals surface area contributed by atoms with Crippen LogP contribution in [0, 0.1) is 0 Å². The summed E-state index contributed by atoms with van der Waals surface area (Å²) in [4.78, 5) is 12.3. The Bertz CT molecular complexity index is 829. The minimum atomic E-state index is -0.177. The maximum absolute atomic E-state index is 12.3. The first-order chi connectivity index (χ1) is 11.6. The maximum atomic E-state index is 12.3. The molecular weight excluding hydrogens is 322 g/mol. The Morgan fingerprint density at radius 3 is 2.62 bits per heavy atom. The molecule has 0 bridgehead atoms. The quantitative estimate of drug-likeness (QED) is 0.729. The summed E-state index contributed by atoms with van der Waals surface area (Å²) in [6.45, 7) is 2.64. The van der Waals surface area contributed by atoms with Crippen molar-refractivity contribution < 1.29 is 4.79 Å². The summed E-state index contributed by atoms with van der Waals surface area (Å²) < 4.78 is 0. The monoisotopic (exact) mass is 339 g/mol. The molecule has 0 saturated heterocycles. The van der Waals surface area contributed by atoms with Crippen molar-refractivity contribution in [2.75, 3.05) is 6.54 Å². The third-order valence-electron chi connectivity index (χ3n) is 3.91. The second kappa shape index (κ2) is 7.32. The maximum Gasteiger partial charge on any atom is 0.269 e. The van der Waals surface area contributed by atoms with Gasteiger partial charge in [-0.25, -0.2) is 0 Å². The van der Waals surface area contributed by atoms with Crippen molar-refractivity contribution in [2.45, 2.75) is 12.8 Å². The minimum Gasteiger partial charge on any atom is -0.350 e. The Labute approximate surface area is 145 Å². The molecule has 4 nitrogen and oxygen atoms in total. The Balaban J connectivity index is 1.65. The van der Waals surface area contributed by atoms with Crippen LogP contribution in [0.25, 0.3) is 11.3 Å². The number of carbonyl (C=O) groups excluding carboxylic acids is 1. The van der Waals surface area contributed by atoms with Crippen LogP contribution >= 0.6 is 11.6 Å². The summed E-state index contributed by atoms with van der Waals surface area (Å²) in [5, 5.41) is 10.5. The highest BCUT2D eigenvalue weighted by molar-refractivity contribution is 6.33. The van der Waals surface area contributed by atoms with Crippen LogP contribution in [0.1, 0.15) is 28.9 Å². The number of amides is 1. The molecular formula is C19H18ClN3O.